The molecule has 2 nitrogen and oxygen atoms in total. The molecule has 0 rings (SSSR count). The second-order valence-electron chi connectivity index (χ2n) is 0.771. The first-order chi connectivity index (χ1) is 3.31. The molecule has 0 atom stereocenters. The van der Waals surface area contributed by atoms with E-state index >= 15 is 0 Å². The molecule has 0 aromatic carbocycles. The van der Waals surface area contributed by atoms with Crippen LogP contribution in [-0.4, -0.2) is 10.5 Å². The van der Waals surface area contributed by atoms with Crippen molar-refractivity contribution in [2.24, 2.45) is 10.1 Å². The minimum atomic E-state index is 0. The van der Waals surface area contributed by atoms with Gasteiger partial charge in [0.25, 0.3) is 0 Å². The van der Waals surface area contributed by atoms with Gasteiger partial charge in [-0.2, -0.15) is 0 Å². The van der Waals surface area contributed by atoms with Crippen LogP contribution in [0.2, 0.25) is 0 Å². The third-order valence-corrected chi connectivity index (χ3v) is 1.04. The van der Waals surface area contributed by atoms with Gasteiger partial charge < -0.3 is 1.43 Å². The standard InChI is InChI=1S/C3H6N2S2.Na.H/c1-2-5-3(6)7-4;;/h2H,4H2,1H3;;/q;+1;-1. The fourth-order valence-electron chi connectivity index (χ4n) is 0.136. The predicted octanol–water partition coefficient (Wildman–Crippen LogP) is -1.91. The summed E-state index contributed by atoms with van der Waals surface area (Å²) < 4.78 is 0.475. The van der Waals surface area contributed by atoms with Crippen molar-refractivity contribution in [3.05, 3.63) is 0 Å². The largest absolute Gasteiger partial charge is 1.00 e. The van der Waals surface area contributed by atoms with Gasteiger partial charge in [0, 0.05) is 6.21 Å². The summed E-state index contributed by atoms with van der Waals surface area (Å²) in [7, 11) is 0. The van der Waals surface area contributed by atoms with Crippen LogP contribution in [0.5, 0.6) is 0 Å². The number of thiocarbonyl (C=S) groups is 1. The molecule has 0 aromatic rings. The fourth-order valence-corrected chi connectivity index (χ4v) is 0.408. The third-order valence-electron chi connectivity index (χ3n) is 0.335. The molecule has 8 heavy (non-hydrogen) atoms. The van der Waals surface area contributed by atoms with Gasteiger partial charge in [0.05, 0.1) is 0 Å². The van der Waals surface area contributed by atoms with E-state index in [0.29, 0.717) is 4.32 Å². The zero-order valence-corrected chi connectivity index (χ0v) is 8.55. The minimum absolute atomic E-state index is 0. The van der Waals surface area contributed by atoms with Gasteiger partial charge in [0.2, 0.25) is 0 Å². The zero-order chi connectivity index (χ0) is 5.70. The van der Waals surface area contributed by atoms with E-state index in [9.17, 15) is 0 Å². The predicted molar refractivity (Wildman–Crippen MR) is 39.7 cm³/mol. The molecule has 0 aliphatic rings. The summed E-state index contributed by atoms with van der Waals surface area (Å²) in [6, 6.07) is 0. The Bertz CT molecular complexity index is 97.8. The Balaban J connectivity index is -0.000000180. The molecule has 2 N–H and O–H groups in total. The summed E-state index contributed by atoms with van der Waals surface area (Å²) in [6.07, 6.45) is 1.61. The maximum Gasteiger partial charge on any atom is 1.00 e. The molecule has 0 saturated carbocycles. The Morgan fingerprint density at radius 1 is 2.00 bits per heavy atom. The maximum atomic E-state index is 5.02. The molecule has 0 bridgehead atoms. The molecule has 42 valence electrons. The Morgan fingerprint density at radius 3 is 2.62 bits per heavy atom. The van der Waals surface area contributed by atoms with Crippen LogP contribution in [0.15, 0.2) is 4.99 Å². The summed E-state index contributed by atoms with van der Waals surface area (Å²) in [5, 5.41) is 5.02. The van der Waals surface area contributed by atoms with Crippen LogP contribution in [-0.2, 0) is 0 Å². The van der Waals surface area contributed by atoms with Crippen LogP contribution < -0.4 is 34.7 Å². The Labute approximate surface area is 82.2 Å². The molecule has 0 aromatic heterocycles. The first kappa shape index (κ1) is 11.8. The molecule has 0 spiro atoms. The van der Waals surface area contributed by atoms with E-state index in [4.69, 9.17) is 5.14 Å². The van der Waals surface area contributed by atoms with Crippen LogP contribution in [0.1, 0.15) is 8.35 Å². The summed E-state index contributed by atoms with van der Waals surface area (Å²) in [5.41, 5.74) is 0. The van der Waals surface area contributed by atoms with Gasteiger partial charge in [-0.3, -0.25) is 5.14 Å². The zero-order valence-electron chi connectivity index (χ0n) is 5.92. The van der Waals surface area contributed by atoms with E-state index < -0.39 is 0 Å². The van der Waals surface area contributed by atoms with Crippen LogP contribution in [0.4, 0.5) is 0 Å². The van der Waals surface area contributed by atoms with E-state index in [0.717, 1.165) is 11.9 Å². The van der Waals surface area contributed by atoms with Crippen molar-refractivity contribution in [1.82, 2.24) is 0 Å². The average Bonchev–Trinajstić information content (AvgIpc) is 1.68. The molecule has 0 aliphatic carbocycles. The molecule has 0 amide bonds. The van der Waals surface area contributed by atoms with Gasteiger partial charge in [0.15, 0.2) is 4.32 Å². The first-order valence-corrected chi connectivity index (χ1v) is 2.99. The number of rotatable bonds is 0. The molecule has 5 heteroatoms. The summed E-state index contributed by atoms with van der Waals surface area (Å²) >= 11 is 5.58. The Morgan fingerprint density at radius 2 is 2.50 bits per heavy atom. The number of nitrogens with two attached hydrogens (primary N) is 1. The second kappa shape index (κ2) is 8.07. The second-order valence-corrected chi connectivity index (χ2v) is 2.04. The van der Waals surface area contributed by atoms with Crippen molar-refractivity contribution in [3.63, 3.8) is 0 Å². The van der Waals surface area contributed by atoms with Crippen molar-refractivity contribution >= 4 is 34.7 Å². The van der Waals surface area contributed by atoms with Gasteiger partial charge in [-0.15, -0.1) is 0 Å². The number of hydrogen-bond donors (Lipinski definition) is 1. The van der Waals surface area contributed by atoms with Crippen LogP contribution >= 0.6 is 24.2 Å². The normalized spacial score (nSPS) is 8.75. The maximum absolute atomic E-state index is 5.02. The van der Waals surface area contributed by atoms with Crippen molar-refractivity contribution in [2.75, 3.05) is 0 Å². The molecule has 0 radical (unpaired) electrons. The van der Waals surface area contributed by atoms with Crippen LogP contribution in [0, 0.1) is 0 Å². The number of nitrogens with zero attached hydrogens (tertiary/aromatic N) is 1. The van der Waals surface area contributed by atoms with E-state index in [1.54, 1.807) is 13.1 Å². The van der Waals surface area contributed by atoms with Gasteiger partial charge in [-0.05, 0) is 31.1 Å². The van der Waals surface area contributed by atoms with E-state index in [1.165, 1.54) is 0 Å². The molecule has 0 saturated heterocycles. The van der Waals surface area contributed by atoms with Crippen molar-refractivity contribution in [2.45, 2.75) is 6.92 Å². The first-order valence-electron chi connectivity index (χ1n) is 1.70. The fraction of sp³-hybridized carbons (Fsp3) is 0.333. The minimum Gasteiger partial charge on any atom is -1.00 e. The molecular formula is C3H7N2NaS2. The van der Waals surface area contributed by atoms with Crippen molar-refractivity contribution in [3.8, 4) is 0 Å². The van der Waals surface area contributed by atoms with Gasteiger partial charge >= 0.3 is 29.6 Å². The van der Waals surface area contributed by atoms with Crippen molar-refractivity contribution < 1.29 is 31.0 Å². The molecule has 0 aliphatic heterocycles. The SMILES string of the molecule is CC=NC(=S)SN.[H-].[Na+]. The van der Waals surface area contributed by atoms with E-state index in [1.807, 2.05) is 0 Å². The summed E-state index contributed by atoms with van der Waals surface area (Å²) in [6.45, 7) is 1.79. The topological polar surface area (TPSA) is 38.4 Å². The number of aliphatic imine (C=N–C) groups is 1. The molecule has 0 unspecified atom stereocenters. The van der Waals surface area contributed by atoms with Gasteiger partial charge in [0.1, 0.15) is 0 Å². The molecular weight excluding hydrogens is 151 g/mol. The Hall–Kier alpha value is 1.07. The molecule has 0 fully saturated rings. The van der Waals surface area contributed by atoms with E-state index in [2.05, 4.69) is 17.2 Å². The average molecular weight is 158 g/mol. The van der Waals surface area contributed by atoms with Crippen molar-refractivity contribution in [1.29, 1.82) is 0 Å². The monoisotopic (exact) mass is 158 g/mol. The summed E-state index contributed by atoms with van der Waals surface area (Å²) in [4.78, 5) is 3.69. The number of hydrogen-bond acceptors (Lipinski definition) is 3. The van der Waals surface area contributed by atoms with E-state index in [-0.39, 0.29) is 31.0 Å². The third kappa shape index (κ3) is 7.07. The quantitative estimate of drug-likeness (QED) is 0.193. The van der Waals surface area contributed by atoms with Gasteiger partial charge in [-0.1, -0.05) is 0 Å². The van der Waals surface area contributed by atoms with Crippen LogP contribution in [0.25, 0.3) is 0 Å². The van der Waals surface area contributed by atoms with Crippen LogP contribution in [0.3, 0.4) is 0 Å². The smallest absolute Gasteiger partial charge is 1.00 e. The Kier molecular flexibility index (Phi) is 11.9. The molecule has 0 heterocycles. The van der Waals surface area contributed by atoms with Gasteiger partial charge in [-0.25, -0.2) is 4.99 Å². The summed E-state index contributed by atoms with van der Waals surface area (Å²) in [5.74, 6) is 0.